The van der Waals surface area contributed by atoms with E-state index in [2.05, 4.69) is 15.9 Å². The van der Waals surface area contributed by atoms with Crippen molar-refractivity contribution in [2.24, 2.45) is 0 Å². The number of aliphatic hydroxyl groups excluding tert-OH is 1. The standard InChI is InChI=1S/C10H10BrNO2/c11-7-3-1-2-4-8(7)12-6-5-9(13)10(12)14/h1-4,9,13H,5-6H2. The third-order valence-corrected chi connectivity index (χ3v) is 2.99. The highest BCUT2D eigenvalue weighted by Crippen LogP contribution is 2.29. The van der Waals surface area contributed by atoms with Gasteiger partial charge in [-0.15, -0.1) is 0 Å². The number of para-hydroxylation sites is 1. The number of benzene rings is 1. The fourth-order valence-electron chi connectivity index (χ4n) is 1.57. The van der Waals surface area contributed by atoms with E-state index in [0.29, 0.717) is 13.0 Å². The van der Waals surface area contributed by atoms with E-state index in [9.17, 15) is 9.90 Å². The van der Waals surface area contributed by atoms with E-state index in [1.54, 1.807) is 4.90 Å². The number of amides is 1. The number of nitrogens with zero attached hydrogens (tertiary/aromatic N) is 1. The molecule has 1 fully saturated rings. The SMILES string of the molecule is O=C1C(O)CCN1c1ccccc1Br. The van der Waals surface area contributed by atoms with Crippen molar-refractivity contribution < 1.29 is 9.90 Å². The van der Waals surface area contributed by atoms with Gasteiger partial charge in [0, 0.05) is 17.4 Å². The van der Waals surface area contributed by atoms with Crippen molar-refractivity contribution in [3.63, 3.8) is 0 Å². The molecule has 1 atom stereocenters. The van der Waals surface area contributed by atoms with Crippen molar-refractivity contribution in [3.8, 4) is 0 Å². The largest absolute Gasteiger partial charge is 0.383 e. The Hall–Kier alpha value is -0.870. The van der Waals surface area contributed by atoms with Crippen molar-refractivity contribution in [3.05, 3.63) is 28.7 Å². The zero-order valence-corrected chi connectivity index (χ0v) is 9.07. The summed E-state index contributed by atoms with van der Waals surface area (Å²) in [4.78, 5) is 13.1. The molecule has 74 valence electrons. The van der Waals surface area contributed by atoms with E-state index in [1.165, 1.54) is 0 Å². The lowest BCUT2D eigenvalue weighted by Gasteiger charge is -2.17. The van der Waals surface area contributed by atoms with Crippen molar-refractivity contribution in [1.82, 2.24) is 0 Å². The van der Waals surface area contributed by atoms with Crippen molar-refractivity contribution >= 4 is 27.5 Å². The molecule has 0 aliphatic carbocycles. The van der Waals surface area contributed by atoms with Gasteiger partial charge in [0.25, 0.3) is 5.91 Å². The molecule has 0 spiro atoms. The molecular weight excluding hydrogens is 246 g/mol. The molecule has 2 rings (SSSR count). The molecule has 1 aliphatic rings. The van der Waals surface area contributed by atoms with Crippen LogP contribution < -0.4 is 4.90 Å². The Morgan fingerprint density at radius 3 is 2.71 bits per heavy atom. The summed E-state index contributed by atoms with van der Waals surface area (Å²) in [7, 11) is 0. The smallest absolute Gasteiger partial charge is 0.255 e. The number of anilines is 1. The van der Waals surface area contributed by atoms with Crippen LogP contribution in [0.15, 0.2) is 28.7 Å². The first-order valence-electron chi connectivity index (χ1n) is 4.44. The van der Waals surface area contributed by atoms with Gasteiger partial charge in [-0.1, -0.05) is 12.1 Å². The van der Waals surface area contributed by atoms with Crippen molar-refractivity contribution in [1.29, 1.82) is 0 Å². The summed E-state index contributed by atoms with van der Waals surface area (Å²) in [6.07, 6.45) is -0.317. The predicted molar refractivity (Wildman–Crippen MR) is 57.1 cm³/mol. The fourth-order valence-corrected chi connectivity index (χ4v) is 2.07. The second-order valence-electron chi connectivity index (χ2n) is 3.25. The summed E-state index contributed by atoms with van der Waals surface area (Å²) in [5.41, 5.74) is 0.828. The summed E-state index contributed by atoms with van der Waals surface area (Å²) < 4.78 is 0.877. The molecule has 14 heavy (non-hydrogen) atoms. The molecular formula is C10H10BrNO2. The Morgan fingerprint density at radius 2 is 2.14 bits per heavy atom. The summed E-state index contributed by atoms with van der Waals surface area (Å²) in [6.45, 7) is 0.586. The summed E-state index contributed by atoms with van der Waals surface area (Å²) >= 11 is 3.38. The maximum Gasteiger partial charge on any atom is 0.255 e. The number of rotatable bonds is 1. The lowest BCUT2D eigenvalue weighted by Crippen LogP contribution is -2.29. The van der Waals surface area contributed by atoms with Gasteiger partial charge in [-0.05, 0) is 28.1 Å². The lowest BCUT2D eigenvalue weighted by molar-refractivity contribution is -0.124. The minimum absolute atomic E-state index is 0.211. The molecule has 1 heterocycles. The molecule has 0 aromatic heterocycles. The second-order valence-corrected chi connectivity index (χ2v) is 4.10. The topological polar surface area (TPSA) is 40.5 Å². The molecule has 0 saturated carbocycles. The Labute approximate surface area is 90.5 Å². The number of carbonyl (C=O) groups is 1. The number of hydrogen-bond donors (Lipinski definition) is 1. The van der Waals surface area contributed by atoms with E-state index >= 15 is 0 Å². The van der Waals surface area contributed by atoms with Gasteiger partial charge in [-0.3, -0.25) is 4.79 Å². The van der Waals surface area contributed by atoms with Crippen LogP contribution in [-0.4, -0.2) is 23.7 Å². The molecule has 1 aromatic rings. The van der Waals surface area contributed by atoms with Gasteiger partial charge < -0.3 is 10.0 Å². The first kappa shape index (κ1) is 9.68. The van der Waals surface area contributed by atoms with Crippen LogP contribution in [0.1, 0.15) is 6.42 Å². The highest BCUT2D eigenvalue weighted by Gasteiger charge is 2.31. The monoisotopic (exact) mass is 255 g/mol. The maximum absolute atomic E-state index is 11.5. The van der Waals surface area contributed by atoms with E-state index < -0.39 is 6.10 Å². The van der Waals surface area contributed by atoms with Gasteiger partial charge in [-0.25, -0.2) is 0 Å². The fraction of sp³-hybridized carbons (Fsp3) is 0.300. The highest BCUT2D eigenvalue weighted by molar-refractivity contribution is 9.10. The van der Waals surface area contributed by atoms with Gasteiger partial charge in [0.05, 0.1) is 5.69 Å². The van der Waals surface area contributed by atoms with Crippen LogP contribution in [0.3, 0.4) is 0 Å². The van der Waals surface area contributed by atoms with Gasteiger partial charge in [-0.2, -0.15) is 0 Å². The molecule has 0 bridgehead atoms. The Morgan fingerprint density at radius 1 is 1.43 bits per heavy atom. The van der Waals surface area contributed by atoms with Crippen LogP contribution >= 0.6 is 15.9 Å². The Balaban J connectivity index is 2.33. The number of hydrogen-bond acceptors (Lipinski definition) is 2. The summed E-state index contributed by atoms with van der Waals surface area (Å²) in [5, 5.41) is 9.31. The normalized spacial score (nSPS) is 21.7. The molecule has 1 saturated heterocycles. The molecule has 4 heteroatoms. The first-order chi connectivity index (χ1) is 6.70. The number of carbonyl (C=O) groups excluding carboxylic acids is 1. The maximum atomic E-state index is 11.5. The number of aliphatic hydroxyl groups is 1. The van der Waals surface area contributed by atoms with Crippen molar-refractivity contribution in [2.45, 2.75) is 12.5 Å². The van der Waals surface area contributed by atoms with Gasteiger partial charge in [0.2, 0.25) is 0 Å². The van der Waals surface area contributed by atoms with E-state index in [0.717, 1.165) is 10.2 Å². The third kappa shape index (κ3) is 1.55. The quantitative estimate of drug-likeness (QED) is 0.828. The van der Waals surface area contributed by atoms with Crippen LogP contribution in [0.5, 0.6) is 0 Å². The van der Waals surface area contributed by atoms with Crippen LogP contribution in [0, 0.1) is 0 Å². The second kappa shape index (κ2) is 3.71. The van der Waals surface area contributed by atoms with Gasteiger partial charge in [0.15, 0.2) is 0 Å². The van der Waals surface area contributed by atoms with Gasteiger partial charge in [0.1, 0.15) is 6.10 Å². The molecule has 0 radical (unpaired) electrons. The lowest BCUT2D eigenvalue weighted by atomic mass is 10.3. The van der Waals surface area contributed by atoms with Gasteiger partial charge >= 0.3 is 0 Å². The Bertz CT molecular complexity index is 367. The van der Waals surface area contributed by atoms with Crippen LogP contribution in [0.4, 0.5) is 5.69 Å². The minimum atomic E-state index is -0.831. The molecule has 1 aliphatic heterocycles. The molecule has 1 amide bonds. The zero-order chi connectivity index (χ0) is 10.1. The molecule has 1 N–H and O–H groups in total. The summed E-state index contributed by atoms with van der Waals surface area (Å²) in [5.74, 6) is -0.211. The van der Waals surface area contributed by atoms with E-state index in [4.69, 9.17) is 0 Å². The third-order valence-electron chi connectivity index (χ3n) is 2.32. The zero-order valence-electron chi connectivity index (χ0n) is 7.48. The predicted octanol–water partition coefficient (Wildman–Crippen LogP) is 1.55. The van der Waals surface area contributed by atoms with E-state index in [1.807, 2.05) is 24.3 Å². The summed E-state index contributed by atoms with van der Waals surface area (Å²) in [6, 6.07) is 7.51. The number of halogens is 1. The van der Waals surface area contributed by atoms with Crippen LogP contribution in [0.25, 0.3) is 0 Å². The molecule has 3 nitrogen and oxygen atoms in total. The minimum Gasteiger partial charge on any atom is -0.383 e. The molecule has 1 unspecified atom stereocenters. The average molecular weight is 256 g/mol. The first-order valence-corrected chi connectivity index (χ1v) is 5.23. The highest BCUT2D eigenvalue weighted by atomic mass is 79.9. The van der Waals surface area contributed by atoms with Crippen LogP contribution in [-0.2, 0) is 4.79 Å². The van der Waals surface area contributed by atoms with Crippen LogP contribution in [0.2, 0.25) is 0 Å². The Kier molecular flexibility index (Phi) is 2.56. The molecule has 1 aromatic carbocycles. The average Bonchev–Trinajstić information content (AvgIpc) is 2.49. The van der Waals surface area contributed by atoms with E-state index in [-0.39, 0.29) is 5.91 Å². The van der Waals surface area contributed by atoms with Crippen molar-refractivity contribution in [2.75, 3.05) is 11.4 Å².